The number of hydrogen-bond acceptors (Lipinski definition) is 8. The molecule has 0 saturated heterocycles. The molecule has 0 unspecified atom stereocenters. The predicted molar refractivity (Wildman–Crippen MR) is 111 cm³/mol. The van der Waals surface area contributed by atoms with Crippen LogP contribution in [-0.4, -0.2) is 20.3 Å². The Kier molecular flexibility index (Phi) is 5.98. The van der Waals surface area contributed by atoms with Gasteiger partial charge < -0.3 is 9.84 Å². The third-order valence-electron chi connectivity index (χ3n) is 3.63. The van der Waals surface area contributed by atoms with Gasteiger partial charge in [0.05, 0.1) is 5.75 Å². The molecule has 0 aliphatic carbocycles. The summed E-state index contributed by atoms with van der Waals surface area (Å²) in [6, 6.07) is 14.1. The first-order valence-electron chi connectivity index (χ1n) is 8.19. The zero-order valence-electron chi connectivity index (χ0n) is 14.3. The maximum Gasteiger partial charge on any atom is 0.237 e. The van der Waals surface area contributed by atoms with Crippen LogP contribution in [0.5, 0.6) is 0 Å². The van der Waals surface area contributed by atoms with Crippen LogP contribution in [0, 0.1) is 5.82 Å². The molecule has 0 spiro atoms. The van der Waals surface area contributed by atoms with Gasteiger partial charge in [0.1, 0.15) is 5.82 Å². The smallest absolute Gasteiger partial charge is 0.237 e. The van der Waals surface area contributed by atoms with E-state index in [2.05, 4.69) is 41.6 Å². The second-order valence-electron chi connectivity index (χ2n) is 5.66. The number of hydrogen-bond donors (Lipinski definition) is 1. The van der Waals surface area contributed by atoms with E-state index in [1.807, 2.05) is 24.3 Å². The van der Waals surface area contributed by atoms with Crippen molar-refractivity contribution in [1.82, 2.24) is 20.3 Å². The Hall–Kier alpha value is -2.30. The zero-order chi connectivity index (χ0) is 19.3. The van der Waals surface area contributed by atoms with Gasteiger partial charge in [0.15, 0.2) is 4.34 Å². The van der Waals surface area contributed by atoms with Crippen LogP contribution < -0.4 is 5.32 Å². The van der Waals surface area contributed by atoms with Gasteiger partial charge in [-0.2, -0.15) is 4.98 Å². The van der Waals surface area contributed by atoms with E-state index in [9.17, 15) is 4.39 Å². The number of thioether (sulfide) groups is 1. The van der Waals surface area contributed by atoms with Gasteiger partial charge >= 0.3 is 0 Å². The number of nitrogens with zero attached hydrogens (tertiary/aromatic N) is 4. The molecule has 10 heteroatoms. The van der Waals surface area contributed by atoms with E-state index in [1.165, 1.54) is 35.2 Å². The predicted octanol–water partition coefficient (Wildman–Crippen LogP) is 5.39. The van der Waals surface area contributed by atoms with Crippen molar-refractivity contribution in [3.05, 3.63) is 70.3 Å². The Bertz CT molecular complexity index is 1070. The minimum absolute atomic E-state index is 0.248. The molecule has 0 aliphatic rings. The molecule has 0 saturated carbocycles. The summed E-state index contributed by atoms with van der Waals surface area (Å²) in [7, 11) is 0. The lowest BCUT2D eigenvalue weighted by Crippen LogP contribution is -1.98. The summed E-state index contributed by atoms with van der Waals surface area (Å²) in [6.45, 7) is 0.555. The van der Waals surface area contributed by atoms with Crippen molar-refractivity contribution < 1.29 is 8.91 Å². The maximum absolute atomic E-state index is 12.9. The molecule has 2 aromatic carbocycles. The topological polar surface area (TPSA) is 76.7 Å². The first-order valence-corrected chi connectivity index (χ1v) is 10.8. The Morgan fingerprint density at radius 2 is 2.00 bits per heavy atom. The van der Waals surface area contributed by atoms with Gasteiger partial charge in [0.2, 0.25) is 16.8 Å². The SMILES string of the molecule is Fc1ccc(CNc2nnc(SCc3nc(-c4cccc(Br)c4)no3)s2)cc1. The quantitative estimate of drug-likeness (QED) is 0.357. The molecule has 28 heavy (non-hydrogen) atoms. The number of nitrogens with one attached hydrogen (secondary N) is 1. The second kappa shape index (κ2) is 8.80. The molecule has 0 radical (unpaired) electrons. The Morgan fingerprint density at radius 3 is 2.82 bits per heavy atom. The summed E-state index contributed by atoms with van der Waals surface area (Å²) in [5.41, 5.74) is 1.86. The van der Waals surface area contributed by atoms with Crippen molar-refractivity contribution in [2.24, 2.45) is 0 Å². The van der Waals surface area contributed by atoms with Gasteiger partial charge in [-0.3, -0.25) is 0 Å². The molecular formula is C18H13BrFN5OS2. The highest BCUT2D eigenvalue weighted by Gasteiger charge is 2.11. The number of aromatic nitrogens is 4. The summed E-state index contributed by atoms with van der Waals surface area (Å²) in [6.07, 6.45) is 0. The average Bonchev–Trinajstić information content (AvgIpc) is 3.35. The molecule has 2 aromatic heterocycles. The van der Waals surface area contributed by atoms with E-state index in [4.69, 9.17) is 4.52 Å². The van der Waals surface area contributed by atoms with Crippen molar-refractivity contribution in [3.8, 4) is 11.4 Å². The minimum atomic E-state index is -0.248. The molecule has 142 valence electrons. The molecule has 0 aliphatic heterocycles. The average molecular weight is 478 g/mol. The van der Waals surface area contributed by atoms with Gasteiger partial charge in [-0.15, -0.1) is 10.2 Å². The third-order valence-corrected chi connectivity index (χ3v) is 6.13. The van der Waals surface area contributed by atoms with Gasteiger partial charge in [0.25, 0.3) is 0 Å². The van der Waals surface area contributed by atoms with Crippen LogP contribution in [0.25, 0.3) is 11.4 Å². The maximum atomic E-state index is 12.9. The van der Waals surface area contributed by atoms with E-state index in [-0.39, 0.29) is 5.82 Å². The fourth-order valence-electron chi connectivity index (χ4n) is 2.30. The first-order chi connectivity index (χ1) is 13.7. The summed E-state index contributed by atoms with van der Waals surface area (Å²) in [5.74, 6) is 1.34. The van der Waals surface area contributed by atoms with Crippen molar-refractivity contribution in [2.75, 3.05) is 5.32 Å². The summed E-state index contributed by atoms with van der Waals surface area (Å²) >= 11 is 6.35. The van der Waals surface area contributed by atoms with Crippen LogP contribution in [0.1, 0.15) is 11.5 Å². The lowest BCUT2D eigenvalue weighted by Gasteiger charge is -2.01. The van der Waals surface area contributed by atoms with Crippen molar-refractivity contribution >= 4 is 44.2 Å². The summed E-state index contributed by atoms with van der Waals surface area (Å²) < 4.78 is 20.0. The minimum Gasteiger partial charge on any atom is -0.356 e. The Morgan fingerprint density at radius 1 is 1.14 bits per heavy atom. The van der Waals surface area contributed by atoms with Crippen LogP contribution in [0.15, 0.2) is 61.9 Å². The van der Waals surface area contributed by atoms with E-state index in [0.29, 0.717) is 29.1 Å². The monoisotopic (exact) mass is 477 g/mol. The van der Waals surface area contributed by atoms with Crippen LogP contribution in [0.3, 0.4) is 0 Å². The van der Waals surface area contributed by atoms with E-state index < -0.39 is 0 Å². The Labute approximate surface area is 176 Å². The molecular weight excluding hydrogens is 465 g/mol. The summed E-state index contributed by atoms with van der Waals surface area (Å²) in [5, 5.41) is 16.2. The van der Waals surface area contributed by atoms with E-state index >= 15 is 0 Å². The first kappa shape index (κ1) is 19.0. The van der Waals surface area contributed by atoms with Crippen LogP contribution in [0.4, 0.5) is 9.52 Å². The zero-order valence-corrected chi connectivity index (χ0v) is 17.5. The highest BCUT2D eigenvalue weighted by molar-refractivity contribution is 9.10. The highest BCUT2D eigenvalue weighted by atomic mass is 79.9. The van der Waals surface area contributed by atoms with Crippen molar-refractivity contribution in [2.45, 2.75) is 16.6 Å². The molecule has 1 N–H and O–H groups in total. The molecule has 0 bridgehead atoms. The number of anilines is 1. The second-order valence-corrected chi connectivity index (χ2v) is 8.78. The van der Waals surface area contributed by atoms with E-state index in [1.54, 1.807) is 12.1 Å². The van der Waals surface area contributed by atoms with Crippen LogP contribution in [-0.2, 0) is 12.3 Å². The lowest BCUT2D eigenvalue weighted by atomic mass is 10.2. The van der Waals surface area contributed by atoms with Gasteiger partial charge in [-0.05, 0) is 29.8 Å². The highest BCUT2D eigenvalue weighted by Crippen LogP contribution is 2.29. The molecule has 0 atom stereocenters. The Balaban J connectivity index is 1.31. The standard InChI is InChI=1S/C18H13BrFN5OS2/c19-13-3-1-2-12(8-13)16-22-15(26-25-16)10-27-18-24-23-17(28-18)21-9-11-4-6-14(20)7-5-11/h1-8H,9-10H2,(H,21,23). The fourth-order valence-corrected chi connectivity index (χ4v) is 4.29. The molecule has 4 rings (SSSR count). The molecule has 0 amide bonds. The van der Waals surface area contributed by atoms with Gasteiger partial charge in [-0.25, -0.2) is 4.39 Å². The molecule has 6 nitrogen and oxygen atoms in total. The van der Waals surface area contributed by atoms with E-state index in [0.717, 1.165) is 19.9 Å². The normalized spacial score (nSPS) is 10.9. The fraction of sp³-hybridized carbons (Fsp3) is 0.111. The third kappa shape index (κ3) is 4.94. The molecule has 4 aromatic rings. The summed E-state index contributed by atoms with van der Waals surface area (Å²) in [4.78, 5) is 4.42. The largest absolute Gasteiger partial charge is 0.356 e. The molecule has 2 heterocycles. The van der Waals surface area contributed by atoms with Gasteiger partial charge in [0, 0.05) is 16.6 Å². The van der Waals surface area contributed by atoms with Crippen molar-refractivity contribution in [3.63, 3.8) is 0 Å². The lowest BCUT2D eigenvalue weighted by molar-refractivity contribution is 0.391. The van der Waals surface area contributed by atoms with Crippen LogP contribution >= 0.6 is 39.0 Å². The van der Waals surface area contributed by atoms with Gasteiger partial charge in [-0.1, -0.05) is 68.5 Å². The van der Waals surface area contributed by atoms with Crippen LogP contribution in [0.2, 0.25) is 0 Å². The van der Waals surface area contributed by atoms with Crippen molar-refractivity contribution in [1.29, 1.82) is 0 Å². The number of benzene rings is 2. The number of rotatable bonds is 7. The number of halogens is 2. The molecule has 0 fully saturated rings.